The summed E-state index contributed by atoms with van der Waals surface area (Å²) in [7, 11) is 2.77. The fraction of sp³-hybridized carbons (Fsp3) is 0.278. The van der Waals surface area contributed by atoms with E-state index in [0.29, 0.717) is 25.2 Å². The summed E-state index contributed by atoms with van der Waals surface area (Å²) < 4.78 is 46.9. The van der Waals surface area contributed by atoms with Crippen molar-refractivity contribution in [1.82, 2.24) is 14.8 Å². The van der Waals surface area contributed by atoms with Crippen LogP contribution in [0.1, 0.15) is 26.4 Å². The minimum absolute atomic E-state index is 0.0217. The second kappa shape index (κ2) is 7.37. The van der Waals surface area contributed by atoms with E-state index >= 15 is 0 Å². The minimum atomic E-state index is -1.16. The Morgan fingerprint density at radius 1 is 1.18 bits per heavy atom. The van der Waals surface area contributed by atoms with Gasteiger partial charge >= 0.3 is 0 Å². The number of likely N-dealkylation sites (N-methyl/N-ethyl adjacent to an activating group) is 1. The molecule has 0 atom stereocenters. The van der Waals surface area contributed by atoms with Crippen molar-refractivity contribution in [1.29, 1.82) is 0 Å². The number of carbonyl (C=O) groups is 2. The van der Waals surface area contributed by atoms with Gasteiger partial charge in [-0.05, 0) is 0 Å². The molecule has 0 bridgehead atoms. The first-order valence-electron chi connectivity index (χ1n) is 8.23. The average molecular weight is 395 g/mol. The number of benzene rings is 1. The van der Waals surface area contributed by atoms with Gasteiger partial charge in [-0.25, -0.2) is 13.2 Å². The number of ether oxygens (including phenoxy) is 1. The van der Waals surface area contributed by atoms with Gasteiger partial charge in [-0.1, -0.05) is 0 Å². The van der Waals surface area contributed by atoms with Gasteiger partial charge in [-0.3, -0.25) is 14.4 Å². The standard InChI is InChI=1S/C18H16F3N3O4/c1-23-3-4-24-8-11(15(25)16(28-2)14(24)18(23)27)17(26)22-7-10-12(20)5-9(19)6-13(10)21/h5-6,8H,3-4,7H2,1-2H3,(H,22,26). The second-order valence-corrected chi connectivity index (χ2v) is 6.20. The molecule has 0 unspecified atom stereocenters. The largest absolute Gasteiger partial charge is 0.491 e. The molecule has 1 aliphatic heterocycles. The molecule has 2 amide bonds. The Hall–Kier alpha value is -3.30. The summed E-state index contributed by atoms with van der Waals surface area (Å²) in [5.74, 6) is -5.03. The molecule has 0 saturated heterocycles. The lowest BCUT2D eigenvalue weighted by Crippen LogP contribution is -2.41. The van der Waals surface area contributed by atoms with E-state index in [1.54, 1.807) is 7.05 Å². The zero-order valence-electron chi connectivity index (χ0n) is 15.0. The van der Waals surface area contributed by atoms with Crippen molar-refractivity contribution < 1.29 is 27.5 Å². The number of aromatic nitrogens is 1. The van der Waals surface area contributed by atoms with Crippen LogP contribution in [-0.2, 0) is 13.1 Å². The summed E-state index contributed by atoms with van der Waals surface area (Å²) in [6, 6.07) is 0.979. The van der Waals surface area contributed by atoms with Crippen molar-refractivity contribution in [2.24, 2.45) is 0 Å². The Bertz CT molecular complexity index is 1010. The Morgan fingerprint density at radius 3 is 2.43 bits per heavy atom. The van der Waals surface area contributed by atoms with Crippen LogP contribution >= 0.6 is 0 Å². The van der Waals surface area contributed by atoms with Crippen molar-refractivity contribution in [2.75, 3.05) is 20.7 Å². The number of methoxy groups -OCH3 is 1. The Balaban J connectivity index is 1.93. The van der Waals surface area contributed by atoms with Crippen molar-refractivity contribution in [2.45, 2.75) is 13.1 Å². The molecule has 0 spiro atoms. The molecule has 1 N–H and O–H groups in total. The summed E-state index contributed by atoms with van der Waals surface area (Å²) in [5, 5.41) is 2.23. The van der Waals surface area contributed by atoms with E-state index in [-0.39, 0.29) is 17.0 Å². The number of halogens is 3. The predicted octanol–water partition coefficient (Wildman–Crippen LogP) is 1.29. The molecular weight excluding hydrogens is 379 g/mol. The normalized spacial score (nSPS) is 13.3. The molecule has 0 radical (unpaired) electrons. The minimum Gasteiger partial charge on any atom is -0.491 e. The number of nitrogens with one attached hydrogen (secondary N) is 1. The Labute approximate surface area is 157 Å². The summed E-state index contributed by atoms with van der Waals surface area (Å²) in [4.78, 5) is 38.8. The van der Waals surface area contributed by atoms with E-state index in [2.05, 4.69) is 5.32 Å². The molecule has 0 fully saturated rings. The summed E-state index contributed by atoms with van der Waals surface area (Å²) in [5.41, 5.74) is -1.69. The zero-order chi connectivity index (χ0) is 20.6. The predicted molar refractivity (Wildman–Crippen MR) is 91.7 cm³/mol. The van der Waals surface area contributed by atoms with Crippen molar-refractivity contribution >= 4 is 11.8 Å². The molecular formula is C18H16F3N3O4. The highest BCUT2D eigenvalue weighted by Gasteiger charge is 2.29. The number of pyridine rings is 1. The fourth-order valence-corrected chi connectivity index (χ4v) is 2.93. The quantitative estimate of drug-likeness (QED) is 0.846. The van der Waals surface area contributed by atoms with E-state index in [1.165, 1.54) is 22.8 Å². The van der Waals surface area contributed by atoms with Crippen LogP contribution in [0.5, 0.6) is 5.75 Å². The SMILES string of the molecule is COc1c2n(cc(C(=O)NCc3c(F)cc(F)cc3F)c1=O)CCN(C)C2=O. The van der Waals surface area contributed by atoms with Crippen LogP contribution in [0.4, 0.5) is 13.2 Å². The summed E-state index contributed by atoms with van der Waals surface area (Å²) in [6.07, 6.45) is 1.21. The third-order valence-corrected chi connectivity index (χ3v) is 4.44. The molecule has 1 aromatic carbocycles. The number of rotatable bonds is 4. The molecule has 1 aliphatic rings. The van der Waals surface area contributed by atoms with Gasteiger partial charge in [-0.15, -0.1) is 0 Å². The van der Waals surface area contributed by atoms with E-state index in [4.69, 9.17) is 4.74 Å². The molecule has 1 aromatic heterocycles. The molecule has 28 heavy (non-hydrogen) atoms. The molecule has 3 rings (SSSR count). The van der Waals surface area contributed by atoms with Crippen molar-refractivity contribution in [3.8, 4) is 5.75 Å². The maximum Gasteiger partial charge on any atom is 0.274 e. The van der Waals surface area contributed by atoms with Gasteiger partial charge in [0.2, 0.25) is 5.43 Å². The van der Waals surface area contributed by atoms with E-state index < -0.39 is 46.8 Å². The van der Waals surface area contributed by atoms with Crippen LogP contribution < -0.4 is 15.5 Å². The van der Waals surface area contributed by atoms with Crippen LogP contribution in [0, 0.1) is 17.5 Å². The van der Waals surface area contributed by atoms with Crippen molar-refractivity contribution in [3.63, 3.8) is 0 Å². The molecule has 148 valence electrons. The fourth-order valence-electron chi connectivity index (χ4n) is 2.93. The highest BCUT2D eigenvalue weighted by Crippen LogP contribution is 2.20. The second-order valence-electron chi connectivity index (χ2n) is 6.20. The lowest BCUT2D eigenvalue weighted by Gasteiger charge is -2.28. The molecule has 2 heterocycles. The number of hydrogen-bond donors (Lipinski definition) is 1. The van der Waals surface area contributed by atoms with Crippen LogP contribution in [-0.4, -0.2) is 42.0 Å². The molecule has 0 aliphatic carbocycles. The monoisotopic (exact) mass is 395 g/mol. The van der Waals surface area contributed by atoms with E-state index in [1.807, 2.05) is 0 Å². The topological polar surface area (TPSA) is 80.6 Å². The first-order valence-corrected chi connectivity index (χ1v) is 8.23. The van der Waals surface area contributed by atoms with E-state index in [9.17, 15) is 27.6 Å². The maximum absolute atomic E-state index is 13.7. The lowest BCUT2D eigenvalue weighted by atomic mass is 10.1. The van der Waals surface area contributed by atoms with Gasteiger partial charge in [0.1, 0.15) is 23.0 Å². The Kier molecular flexibility index (Phi) is 5.12. The number of amides is 2. The average Bonchev–Trinajstić information content (AvgIpc) is 2.63. The number of carbonyl (C=O) groups excluding carboxylic acids is 2. The molecule has 2 aromatic rings. The van der Waals surface area contributed by atoms with Gasteiger partial charge in [-0.2, -0.15) is 0 Å². The first-order chi connectivity index (χ1) is 13.2. The van der Waals surface area contributed by atoms with Gasteiger partial charge < -0.3 is 19.5 Å². The van der Waals surface area contributed by atoms with Gasteiger partial charge in [0.25, 0.3) is 11.8 Å². The molecule has 7 nitrogen and oxygen atoms in total. The lowest BCUT2D eigenvalue weighted by molar-refractivity contribution is 0.0739. The number of fused-ring (bicyclic) bond motifs is 1. The summed E-state index contributed by atoms with van der Waals surface area (Å²) in [6.45, 7) is 0.0998. The summed E-state index contributed by atoms with van der Waals surface area (Å²) >= 11 is 0. The molecule has 10 heteroatoms. The van der Waals surface area contributed by atoms with Gasteiger partial charge in [0.15, 0.2) is 11.4 Å². The number of hydrogen-bond acceptors (Lipinski definition) is 4. The molecule has 0 saturated carbocycles. The Morgan fingerprint density at radius 2 is 1.82 bits per heavy atom. The van der Waals surface area contributed by atoms with Crippen molar-refractivity contribution in [3.05, 3.63) is 62.8 Å². The highest BCUT2D eigenvalue weighted by molar-refractivity contribution is 5.99. The number of nitrogens with zero attached hydrogens (tertiary/aromatic N) is 2. The van der Waals surface area contributed by atoms with Gasteiger partial charge in [0.05, 0.1) is 7.11 Å². The zero-order valence-corrected chi connectivity index (χ0v) is 15.0. The highest BCUT2D eigenvalue weighted by atomic mass is 19.1. The third-order valence-electron chi connectivity index (χ3n) is 4.44. The van der Waals surface area contributed by atoms with Crippen LogP contribution in [0.2, 0.25) is 0 Å². The van der Waals surface area contributed by atoms with Crippen LogP contribution in [0.25, 0.3) is 0 Å². The van der Waals surface area contributed by atoms with Crippen LogP contribution in [0.3, 0.4) is 0 Å². The smallest absolute Gasteiger partial charge is 0.274 e. The van der Waals surface area contributed by atoms with E-state index in [0.717, 1.165) is 0 Å². The first kappa shape index (κ1) is 19.5. The van der Waals surface area contributed by atoms with Crippen LogP contribution in [0.15, 0.2) is 23.1 Å². The third kappa shape index (κ3) is 3.32. The maximum atomic E-state index is 13.7. The van der Waals surface area contributed by atoms with Gasteiger partial charge in [0, 0.05) is 50.6 Å².